The van der Waals surface area contributed by atoms with Crippen molar-refractivity contribution in [1.29, 1.82) is 0 Å². The second kappa shape index (κ2) is 3.59. The zero-order chi connectivity index (χ0) is 11.8. The maximum Gasteiger partial charge on any atom is 0.355 e. The molecular weight excluding hydrogens is 214 g/mol. The summed E-state index contributed by atoms with van der Waals surface area (Å²) in [5, 5.41) is 12.0. The standard InChI is InChI=1S/C13H11N3O/c1-10-5-7-11(8-6-10)13-14-12-4-2-3-9-15(12)16(13)17/h2-9H,1H3. The molecule has 17 heavy (non-hydrogen) atoms. The average Bonchev–Trinajstić information content (AvgIpc) is 2.69. The third kappa shape index (κ3) is 1.54. The Bertz CT molecular complexity index is 671. The van der Waals surface area contributed by atoms with E-state index in [-0.39, 0.29) is 0 Å². The fourth-order valence-electron chi connectivity index (χ4n) is 1.80. The highest BCUT2D eigenvalue weighted by Crippen LogP contribution is 2.15. The molecular formula is C13H11N3O. The molecule has 2 heterocycles. The second-order valence-corrected chi connectivity index (χ2v) is 3.98. The maximum atomic E-state index is 12.0. The number of benzene rings is 1. The normalized spacial score (nSPS) is 10.9. The van der Waals surface area contributed by atoms with E-state index in [0.717, 1.165) is 16.0 Å². The van der Waals surface area contributed by atoms with Crippen LogP contribution in [0.1, 0.15) is 5.56 Å². The third-order valence-electron chi connectivity index (χ3n) is 2.73. The van der Waals surface area contributed by atoms with Crippen molar-refractivity contribution < 1.29 is 4.85 Å². The molecule has 4 nitrogen and oxygen atoms in total. The lowest BCUT2D eigenvalue weighted by atomic mass is 10.1. The number of aryl methyl sites for hydroxylation is 1. The van der Waals surface area contributed by atoms with Gasteiger partial charge in [-0.05, 0) is 30.1 Å². The van der Waals surface area contributed by atoms with Crippen molar-refractivity contribution in [2.24, 2.45) is 0 Å². The first-order valence-corrected chi connectivity index (χ1v) is 5.40. The molecule has 84 valence electrons. The van der Waals surface area contributed by atoms with E-state index in [1.54, 1.807) is 6.20 Å². The van der Waals surface area contributed by atoms with E-state index in [4.69, 9.17) is 0 Å². The van der Waals surface area contributed by atoms with Gasteiger partial charge in [0.1, 0.15) is 0 Å². The monoisotopic (exact) mass is 225 g/mol. The molecule has 1 aromatic carbocycles. The summed E-state index contributed by atoms with van der Waals surface area (Å²) in [4.78, 5) is 5.13. The largest absolute Gasteiger partial charge is 0.692 e. The summed E-state index contributed by atoms with van der Waals surface area (Å²) in [5.41, 5.74) is 2.64. The molecule has 0 aliphatic heterocycles. The van der Waals surface area contributed by atoms with E-state index in [1.165, 1.54) is 4.52 Å². The summed E-state index contributed by atoms with van der Waals surface area (Å²) in [6.07, 6.45) is 1.70. The van der Waals surface area contributed by atoms with Gasteiger partial charge in [-0.1, -0.05) is 23.8 Å². The van der Waals surface area contributed by atoms with Gasteiger partial charge in [0.2, 0.25) is 0 Å². The zero-order valence-corrected chi connectivity index (χ0v) is 9.37. The van der Waals surface area contributed by atoms with Crippen LogP contribution in [0.25, 0.3) is 17.0 Å². The second-order valence-electron chi connectivity index (χ2n) is 3.98. The molecule has 0 saturated heterocycles. The average molecular weight is 225 g/mol. The fourth-order valence-corrected chi connectivity index (χ4v) is 1.80. The van der Waals surface area contributed by atoms with Gasteiger partial charge in [-0.2, -0.15) is 0 Å². The zero-order valence-electron chi connectivity index (χ0n) is 9.37. The molecule has 0 saturated carbocycles. The quantitative estimate of drug-likeness (QED) is 0.469. The lowest BCUT2D eigenvalue weighted by Crippen LogP contribution is -2.34. The van der Waals surface area contributed by atoms with E-state index < -0.39 is 0 Å². The van der Waals surface area contributed by atoms with Crippen LogP contribution in [0.5, 0.6) is 0 Å². The highest BCUT2D eigenvalue weighted by molar-refractivity contribution is 5.55. The van der Waals surface area contributed by atoms with Crippen molar-refractivity contribution in [2.75, 3.05) is 0 Å². The number of nitrogens with zero attached hydrogens (tertiary/aromatic N) is 3. The van der Waals surface area contributed by atoms with E-state index in [1.807, 2.05) is 49.4 Å². The van der Waals surface area contributed by atoms with Crippen molar-refractivity contribution in [1.82, 2.24) is 9.50 Å². The lowest BCUT2D eigenvalue weighted by Gasteiger charge is -2.01. The van der Waals surface area contributed by atoms with Crippen molar-refractivity contribution in [2.45, 2.75) is 6.92 Å². The van der Waals surface area contributed by atoms with E-state index >= 15 is 0 Å². The summed E-state index contributed by atoms with van der Waals surface area (Å²) in [7, 11) is 0. The van der Waals surface area contributed by atoms with Crippen molar-refractivity contribution >= 4 is 5.65 Å². The molecule has 3 aromatic rings. The SMILES string of the molecule is Cc1ccc(-c2nc3ccccn3[n+]2[O-])cc1. The van der Waals surface area contributed by atoms with Crippen LogP contribution in [0.2, 0.25) is 0 Å². The first kappa shape index (κ1) is 9.84. The number of pyridine rings is 1. The third-order valence-corrected chi connectivity index (χ3v) is 2.73. The predicted octanol–water partition coefficient (Wildman–Crippen LogP) is 1.94. The van der Waals surface area contributed by atoms with Gasteiger partial charge >= 0.3 is 5.82 Å². The molecule has 0 atom stereocenters. The van der Waals surface area contributed by atoms with Crippen LogP contribution in [-0.2, 0) is 0 Å². The Balaban J connectivity index is 2.24. The Morgan fingerprint density at radius 3 is 2.59 bits per heavy atom. The summed E-state index contributed by atoms with van der Waals surface area (Å²) in [6, 6.07) is 13.2. The van der Waals surface area contributed by atoms with Gasteiger partial charge < -0.3 is 5.21 Å². The molecule has 4 heteroatoms. The van der Waals surface area contributed by atoms with Crippen molar-refractivity contribution in [3.8, 4) is 11.4 Å². The Kier molecular flexibility index (Phi) is 2.08. The summed E-state index contributed by atoms with van der Waals surface area (Å²) in [6.45, 7) is 2.01. The van der Waals surface area contributed by atoms with Crippen molar-refractivity contribution in [3.05, 3.63) is 59.4 Å². The van der Waals surface area contributed by atoms with Gasteiger partial charge in [-0.25, -0.2) is 0 Å². The van der Waals surface area contributed by atoms with Crippen LogP contribution in [-0.4, -0.2) is 9.50 Å². The van der Waals surface area contributed by atoms with Gasteiger partial charge in [-0.15, -0.1) is 9.36 Å². The summed E-state index contributed by atoms with van der Waals surface area (Å²) >= 11 is 0. The summed E-state index contributed by atoms with van der Waals surface area (Å²) < 4.78 is 1.48. The first-order chi connectivity index (χ1) is 8.25. The minimum atomic E-state index is 0.427. The first-order valence-electron chi connectivity index (χ1n) is 5.40. The predicted molar refractivity (Wildman–Crippen MR) is 64.3 cm³/mol. The van der Waals surface area contributed by atoms with Crippen LogP contribution < -0.4 is 4.85 Å². The molecule has 0 N–H and O–H groups in total. The Hall–Kier alpha value is -2.36. The highest BCUT2D eigenvalue weighted by atomic mass is 16.5. The Morgan fingerprint density at radius 2 is 1.88 bits per heavy atom. The topological polar surface area (TPSA) is 44.2 Å². The van der Waals surface area contributed by atoms with Gasteiger partial charge in [-0.3, -0.25) is 0 Å². The van der Waals surface area contributed by atoms with Gasteiger partial charge in [0.15, 0.2) is 0 Å². The minimum absolute atomic E-state index is 0.427. The van der Waals surface area contributed by atoms with Crippen molar-refractivity contribution in [3.63, 3.8) is 0 Å². The Labute approximate surface area is 98.3 Å². The van der Waals surface area contributed by atoms with E-state index in [2.05, 4.69) is 4.98 Å². The number of aromatic nitrogens is 3. The molecule has 0 aliphatic carbocycles. The molecule has 2 aromatic heterocycles. The van der Waals surface area contributed by atoms with E-state index in [9.17, 15) is 5.21 Å². The molecule has 0 radical (unpaired) electrons. The molecule has 0 fully saturated rings. The minimum Gasteiger partial charge on any atom is -0.692 e. The Morgan fingerprint density at radius 1 is 1.12 bits per heavy atom. The highest BCUT2D eigenvalue weighted by Gasteiger charge is 2.17. The molecule has 3 rings (SSSR count). The van der Waals surface area contributed by atoms with Gasteiger partial charge in [0, 0.05) is 6.07 Å². The molecule has 0 bridgehead atoms. The van der Waals surface area contributed by atoms with Crippen LogP contribution >= 0.6 is 0 Å². The van der Waals surface area contributed by atoms with Gasteiger partial charge in [0.25, 0.3) is 5.65 Å². The lowest BCUT2D eigenvalue weighted by molar-refractivity contribution is -0.667. The maximum absolute atomic E-state index is 12.0. The smallest absolute Gasteiger partial charge is 0.355 e. The number of rotatable bonds is 1. The number of hydrogen-bond donors (Lipinski definition) is 0. The molecule has 0 unspecified atom stereocenters. The fraction of sp³-hybridized carbons (Fsp3) is 0.0769. The van der Waals surface area contributed by atoms with Crippen LogP contribution in [0.3, 0.4) is 0 Å². The van der Waals surface area contributed by atoms with Gasteiger partial charge in [0.05, 0.1) is 11.8 Å². The van der Waals surface area contributed by atoms with Crippen LogP contribution in [0.15, 0.2) is 48.7 Å². The van der Waals surface area contributed by atoms with Crippen LogP contribution in [0.4, 0.5) is 0 Å². The molecule has 0 amide bonds. The molecule has 0 aliphatic rings. The number of hydrogen-bond acceptors (Lipinski definition) is 2. The molecule has 0 spiro atoms. The summed E-state index contributed by atoms with van der Waals surface area (Å²) in [5.74, 6) is 0.427. The number of fused-ring (bicyclic) bond motifs is 1. The van der Waals surface area contributed by atoms with Crippen LogP contribution in [0, 0.1) is 12.1 Å². The van der Waals surface area contributed by atoms with E-state index in [0.29, 0.717) is 11.5 Å².